The molecule has 0 bridgehead atoms. The molecular formula is C14H15ClN2O2. The van der Waals surface area contributed by atoms with E-state index in [9.17, 15) is 4.79 Å². The van der Waals surface area contributed by atoms with E-state index in [2.05, 4.69) is 10.6 Å². The van der Waals surface area contributed by atoms with Crippen LogP contribution in [-0.2, 0) is 11.2 Å². The SMILES string of the molecule is O=C(CNCCc1ccco1)Nc1ccccc1Cl. The molecule has 0 saturated carbocycles. The van der Waals surface area contributed by atoms with Gasteiger partial charge in [-0.2, -0.15) is 0 Å². The van der Waals surface area contributed by atoms with Gasteiger partial charge < -0.3 is 15.1 Å². The highest BCUT2D eigenvalue weighted by Crippen LogP contribution is 2.19. The molecule has 2 rings (SSSR count). The van der Waals surface area contributed by atoms with E-state index in [1.807, 2.05) is 24.3 Å². The second-order valence-electron chi connectivity index (χ2n) is 4.03. The summed E-state index contributed by atoms with van der Waals surface area (Å²) in [7, 11) is 0. The predicted molar refractivity (Wildman–Crippen MR) is 75.4 cm³/mol. The van der Waals surface area contributed by atoms with Gasteiger partial charge in [-0.15, -0.1) is 0 Å². The van der Waals surface area contributed by atoms with E-state index in [-0.39, 0.29) is 12.5 Å². The summed E-state index contributed by atoms with van der Waals surface area (Å²) < 4.78 is 5.19. The fourth-order valence-electron chi connectivity index (χ4n) is 1.63. The number of hydrogen-bond acceptors (Lipinski definition) is 3. The van der Waals surface area contributed by atoms with Crippen molar-refractivity contribution in [1.29, 1.82) is 0 Å². The normalized spacial score (nSPS) is 10.4. The lowest BCUT2D eigenvalue weighted by atomic mass is 10.3. The van der Waals surface area contributed by atoms with Crippen LogP contribution >= 0.6 is 11.6 Å². The van der Waals surface area contributed by atoms with Crippen molar-refractivity contribution in [2.24, 2.45) is 0 Å². The van der Waals surface area contributed by atoms with Gasteiger partial charge in [0, 0.05) is 13.0 Å². The minimum atomic E-state index is -0.118. The average molecular weight is 279 g/mol. The van der Waals surface area contributed by atoms with E-state index in [0.29, 0.717) is 17.3 Å². The molecule has 0 radical (unpaired) electrons. The lowest BCUT2D eigenvalue weighted by Crippen LogP contribution is -2.29. The van der Waals surface area contributed by atoms with Crippen LogP contribution in [0.4, 0.5) is 5.69 Å². The van der Waals surface area contributed by atoms with Gasteiger partial charge in [0.1, 0.15) is 5.76 Å². The summed E-state index contributed by atoms with van der Waals surface area (Å²) in [6, 6.07) is 10.9. The number of carbonyl (C=O) groups excluding carboxylic acids is 1. The van der Waals surface area contributed by atoms with Crippen molar-refractivity contribution in [3.63, 3.8) is 0 Å². The molecule has 19 heavy (non-hydrogen) atoms. The number of furan rings is 1. The first-order chi connectivity index (χ1) is 9.25. The van der Waals surface area contributed by atoms with E-state index in [4.69, 9.17) is 16.0 Å². The van der Waals surface area contributed by atoms with Crippen LogP contribution in [0, 0.1) is 0 Å². The molecule has 0 aliphatic carbocycles. The second kappa shape index (κ2) is 6.97. The monoisotopic (exact) mass is 278 g/mol. The molecule has 0 aliphatic heterocycles. The third kappa shape index (κ3) is 4.43. The predicted octanol–water partition coefficient (Wildman–Crippen LogP) is 2.70. The van der Waals surface area contributed by atoms with Crippen LogP contribution in [0.1, 0.15) is 5.76 Å². The second-order valence-corrected chi connectivity index (χ2v) is 4.44. The Bertz CT molecular complexity index is 526. The summed E-state index contributed by atoms with van der Waals surface area (Å²) in [5, 5.41) is 6.33. The van der Waals surface area contributed by atoms with Gasteiger partial charge in [-0.05, 0) is 24.3 Å². The molecular weight excluding hydrogens is 264 g/mol. The van der Waals surface area contributed by atoms with Crippen molar-refractivity contribution in [2.75, 3.05) is 18.4 Å². The Morgan fingerprint density at radius 1 is 1.21 bits per heavy atom. The molecule has 2 N–H and O–H groups in total. The zero-order valence-corrected chi connectivity index (χ0v) is 11.1. The third-order valence-electron chi connectivity index (χ3n) is 2.56. The molecule has 5 heteroatoms. The summed E-state index contributed by atoms with van der Waals surface area (Å²) in [5.41, 5.74) is 0.627. The maximum Gasteiger partial charge on any atom is 0.238 e. The summed E-state index contributed by atoms with van der Waals surface area (Å²) >= 11 is 5.95. The maximum absolute atomic E-state index is 11.7. The van der Waals surface area contributed by atoms with Crippen molar-refractivity contribution in [1.82, 2.24) is 5.32 Å². The Balaban J connectivity index is 1.69. The van der Waals surface area contributed by atoms with Crippen LogP contribution in [-0.4, -0.2) is 19.0 Å². The Morgan fingerprint density at radius 2 is 2.05 bits per heavy atom. The largest absolute Gasteiger partial charge is 0.469 e. The van der Waals surface area contributed by atoms with Crippen LogP contribution in [0.5, 0.6) is 0 Å². The fourth-order valence-corrected chi connectivity index (χ4v) is 1.81. The molecule has 100 valence electrons. The van der Waals surface area contributed by atoms with Crippen molar-refractivity contribution in [2.45, 2.75) is 6.42 Å². The number of benzene rings is 1. The number of carbonyl (C=O) groups is 1. The minimum Gasteiger partial charge on any atom is -0.469 e. The van der Waals surface area contributed by atoms with Gasteiger partial charge in [0.05, 0.1) is 23.5 Å². The minimum absolute atomic E-state index is 0.118. The zero-order valence-electron chi connectivity index (χ0n) is 10.4. The fraction of sp³-hybridized carbons (Fsp3) is 0.214. The molecule has 1 amide bonds. The smallest absolute Gasteiger partial charge is 0.238 e. The van der Waals surface area contributed by atoms with Crippen molar-refractivity contribution < 1.29 is 9.21 Å². The summed E-state index contributed by atoms with van der Waals surface area (Å²) in [5.74, 6) is 0.784. The highest BCUT2D eigenvalue weighted by atomic mass is 35.5. The molecule has 0 fully saturated rings. The first-order valence-electron chi connectivity index (χ1n) is 6.03. The van der Waals surface area contributed by atoms with Crippen LogP contribution in [0.3, 0.4) is 0 Å². The molecule has 0 atom stereocenters. The number of nitrogens with one attached hydrogen (secondary N) is 2. The van der Waals surface area contributed by atoms with Crippen molar-refractivity contribution in [3.8, 4) is 0 Å². The number of para-hydroxylation sites is 1. The number of rotatable bonds is 6. The zero-order chi connectivity index (χ0) is 13.5. The number of halogens is 1. The van der Waals surface area contributed by atoms with E-state index in [1.165, 1.54) is 0 Å². The summed E-state index contributed by atoms with van der Waals surface area (Å²) in [4.78, 5) is 11.7. The van der Waals surface area contributed by atoms with E-state index < -0.39 is 0 Å². The lowest BCUT2D eigenvalue weighted by Gasteiger charge is -2.07. The molecule has 0 spiro atoms. The first-order valence-corrected chi connectivity index (χ1v) is 6.41. The molecule has 1 aromatic heterocycles. The Hall–Kier alpha value is -1.78. The molecule has 0 aliphatic rings. The molecule has 4 nitrogen and oxygen atoms in total. The number of anilines is 1. The van der Waals surface area contributed by atoms with Crippen LogP contribution in [0.25, 0.3) is 0 Å². The Kier molecular flexibility index (Phi) is 5.01. The van der Waals surface area contributed by atoms with Crippen LogP contribution in [0.2, 0.25) is 5.02 Å². The molecule has 1 heterocycles. The quantitative estimate of drug-likeness (QED) is 0.799. The standard InChI is InChI=1S/C14H15ClN2O2/c15-12-5-1-2-6-13(12)17-14(18)10-16-8-7-11-4-3-9-19-11/h1-6,9,16H,7-8,10H2,(H,17,18). The summed E-state index contributed by atoms with van der Waals surface area (Å²) in [6.07, 6.45) is 2.39. The number of hydrogen-bond donors (Lipinski definition) is 2. The van der Waals surface area contributed by atoms with Gasteiger partial charge >= 0.3 is 0 Å². The molecule has 2 aromatic rings. The van der Waals surface area contributed by atoms with Gasteiger partial charge in [0.15, 0.2) is 0 Å². The van der Waals surface area contributed by atoms with E-state index >= 15 is 0 Å². The average Bonchev–Trinajstić information content (AvgIpc) is 2.91. The van der Waals surface area contributed by atoms with E-state index in [0.717, 1.165) is 12.2 Å². The van der Waals surface area contributed by atoms with Crippen molar-refractivity contribution >= 4 is 23.2 Å². The topological polar surface area (TPSA) is 54.3 Å². The number of amides is 1. The Morgan fingerprint density at radius 3 is 2.79 bits per heavy atom. The van der Waals surface area contributed by atoms with Gasteiger partial charge in [-0.25, -0.2) is 0 Å². The highest BCUT2D eigenvalue weighted by Gasteiger charge is 2.04. The third-order valence-corrected chi connectivity index (χ3v) is 2.89. The van der Waals surface area contributed by atoms with Crippen molar-refractivity contribution in [3.05, 3.63) is 53.4 Å². The Labute approximate surface area is 116 Å². The van der Waals surface area contributed by atoms with Crippen LogP contribution in [0.15, 0.2) is 47.1 Å². The summed E-state index contributed by atoms with van der Waals surface area (Å²) in [6.45, 7) is 0.926. The van der Waals surface area contributed by atoms with E-state index in [1.54, 1.807) is 18.4 Å². The molecule has 0 unspecified atom stereocenters. The van der Waals surface area contributed by atoms with Gasteiger partial charge in [-0.3, -0.25) is 4.79 Å². The highest BCUT2D eigenvalue weighted by molar-refractivity contribution is 6.33. The maximum atomic E-state index is 11.7. The molecule has 0 saturated heterocycles. The van der Waals surface area contributed by atoms with Crippen LogP contribution < -0.4 is 10.6 Å². The van der Waals surface area contributed by atoms with Gasteiger partial charge in [0.25, 0.3) is 0 Å². The lowest BCUT2D eigenvalue weighted by molar-refractivity contribution is -0.115. The molecule has 1 aromatic carbocycles. The van der Waals surface area contributed by atoms with Gasteiger partial charge in [-0.1, -0.05) is 23.7 Å². The van der Waals surface area contributed by atoms with Gasteiger partial charge in [0.2, 0.25) is 5.91 Å². The first kappa shape index (κ1) is 13.6.